The molecule has 1 aromatic carbocycles. The van der Waals surface area contributed by atoms with Crippen molar-refractivity contribution in [3.05, 3.63) is 29.8 Å². The van der Waals surface area contributed by atoms with Gasteiger partial charge in [-0.2, -0.15) is 13.1 Å². The maximum Gasteiger partial charge on any atom is 0.334 e. The van der Waals surface area contributed by atoms with Crippen LogP contribution in [-0.2, 0) is 21.5 Å². The molecule has 0 spiro atoms. The van der Waals surface area contributed by atoms with E-state index in [4.69, 9.17) is 14.8 Å². The van der Waals surface area contributed by atoms with Crippen LogP contribution in [0, 0.1) is 0 Å². The summed E-state index contributed by atoms with van der Waals surface area (Å²) in [5.41, 5.74) is 0.506. The number of carbonyl (C=O) groups is 1. The van der Waals surface area contributed by atoms with E-state index in [1.807, 2.05) is 0 Å². The summed E-state index contributed by atoms with van der Waals surface area (Å²) in [6.07, 6.45) is -0.143. The first-order valence-electron chi connectivity index (χ1n) is 4.53. The smallest absolute Gasteiger partial charge is 0.334 e. The van der Waals surface area contributed by atoms with Crippen LogP contribution < -0.4 is 4.72 Å². The van der Waals surface area contributed by atoms with Crippen LogP contribution in [0.1, 0.15) is 5.56 Å². The number of benzene rings is 1. The normalized spacial score (nSPS) is 13.2. The van der Waals surface area contributed by atoms with Gasteiger partial charge in [0.15, 0.2) is 0 Å². The molecule has 1 rings (SSSR count). The van der Waals surface area contributed by atoms with Gasteiger partial charge >= 0.3 is 16.3 Å². The second kappa shape index (κ2) is 5.13. The minimum atomic E-state index is -4.58. The van der Waals surface area contributed by atoms with E-state index in [-0.39, 0.29) is 12.2 Å². The third-order valence-electron chi connectivity index (χ3n) is 1.97. The van der Waals surface area contributed by atoms with Gasteiger partial charge in [0, 0.05) is 0 Å². The van der Waals surface area contributed by atoms with E-state index >= 15 is 0 Å². The van der Waals surface area contributed by atoms with E-state index in [1.165, 1.54) is 24.3 Å². The number of aromatic hydroxyl groups is 1. The molecular formula is C9H11NO6S. The molecule has 0 aliphatic heterocycles. The predicted octanol–water partition coefficient (Wildman–Crippen LogP) is -0.220. The Morgan fingerprint density at radius 2 is 1.82 bits per heavy atom. The highest BCUT2D eigenvalue weighted by Gasteiger charge is 2.22. The van der Waals surface area contributed by atoms with Crippen molar-refractivity contribution in [2.45, 2.75) is 12.5 Å². The topological polar surface area (TPSA) is 124 Å². The van der Waals surface area contributed by atoms with E-state index in [9.17, 15) is 13.2 Å². The van der Waals surface area contributed by atoms with Crippen LogP contribution in [-0.4, -0.2) is 35.2 Å². The molecule has 0 bridgehead atoms. The molecule has 0 aliphatic rings. The van der Waals surface area contributed by atoms with Crippen molar-refractivity contribution in [2.75, 3.05) is 0 Å². The zero-order valence-electron chi connectivity index (χ0n) is 8.57. The Labute approximate surface area is 97.6 Å². The lowest BCUT2D eigenvalue weighted by Crippen LogP contribution is -2.41. The van der Waals surface area contributed by atoms with Gasteiger partial charge in [-0.3, -0.25) is 9.35 Å². The fraction of sp³-hybridized carbons (Fsp3) is 0.222. The summed E-state index contributed by atoms with van der Waals surface area (Å²) >= 11 is 0. The standard InChI is InChI=1S/C9H11NO6S/c11-7-3-1-6(2-4-7)5-8(9(12)13)10-17(14,15)16/h1-4,8,10-11H,5H2,(H,12,13)(H,14,15,16). The van der Waals surface area contributed by atoms with Crippen molar-refractivity contribution < 1.29 is 28.0 Å². The third-order valence-corrected chi connectivity index (χ3v) is 2.55. The average molecular weight is 261 g/mol. The molecule has 0 heterocycles. The van der Waals surface area contributed by atoms with Crippen LogP contribution in [0.3, 0.4) is 0 Å². The van der Waals surface area contributed by atoms with Crippen molar-refractivity contribution in [2.24, 2.45) is 0 Å². The molecule has 0 saturated heterocycles. The summed E-state index contributed by atoms with van der Waals surface area (Å²) in [6.45, 7) is 0. The van der Waals surface area contributed by atoms with E-state index in [0.717, 1.165) is 0 Å². The Morgan fingerprint density at radius 3 is 2.24 bits per heavy atom. The molecule has 0 aromatic heterocycles. The van der Waals surface area contributed by atoms with Crippen molar-refractivity contribution in [1.82, 2.24) is 4.72 Å². The summed E-state index contributed by atoms with van der Waals surface area (Å²) in [7, 11) is -4.58. The van der Waals surface area contributed by atoms with E-state index < -0.39 is 22.3 Å². The summed E-state index contributed by atoms with van der Waals surface area (Å²) in [4.78, 5) is 10.8. The minimum Gasteiger partial charge on any atom is -0.508 e. The molecule has 0 aliphatic carbocycles. The molecule has 17 heavy (non-hydrogen) atoms. The van der Waals surface area contributed by atoms with Gasteiger partial charge in [-0.15, -0.1) is 0 Å². The van der Waals surface area contributed by atoms with Crippen LogP contribution in [0.5, 0.6) is 5.75 Å². The van der Waals surface area contributed by atoms with Gasteiger partial charge in [0.2, 0.25) is 0 Å². The molecule has 1 atom stereocenters. The number of phenols is 1. The zero-order chi connectivity index (χ0) is 13.1. The van der Waals surface area contributed by atoms with Gasteiger partial charge in [-0.05, 0) is 24.1 Å². The monoisotopic (exact) mass is 261 g/mol. The molecule has 0 radical (unpaired) electrons. The highest BCUT2D eigenvalue weighted by Crippen LogP contribution is 2.11. The number of rotatable bonds is 5. The first kappa shape index (κ1) is 13.4. The molecule has 0 amide bonds. The maximum atomic E-state index is 10.8. The SMILES string of the molecule is O=C(O)C(Cc1ccc(O)cc1)NS(=O)(=O)O. The van der Waals surface area contributed by atoms with Crippen LogP contribution in [0.25, 0.3) is 0 Å². The Hall–Kier alpha value is -1.64. The lowest BCUT2D eigenvalue weighted by atomic mass is 10.1. The number of carboxylic acids is 1. The molecule has 1 aromatic rings. The maximum absolute atomic E-state index is 10.8. The highest BCUT2D eigenvalue weighted by molar-refractivity contribution is 7.83. The summed E-state index contributed by atoms with van der Waals surface area (Å²) in [6, 6.07) is 4.15. The molecular weight excluding hydrogens is 250 g/mol. The minimum absolute atomic E-state index is 0.0170. The summed E-state index contributed by atoms with van der Waals surface area (Å²) in [5, 5.41) is 17.8. The molecule has 0 saturated carbocycles. The highest BCUT2D eigenvalue weighted by atomic mass is 32.2. The lowest BCUT2D eigenvalue weighted by molar-refractivity contribution is -0.139. The van der Waals surface area contributed by atoms with Gasteiger partial charge in [-0.1, -0.05) is 12.1 Å². The number of carboxylic acid groups (broad SMARTS) is 1. The lowest BCUT2D eigenvalue weighted by Gasteiger charge is -2.11. The summed E-state index contributed by atoms with van der Waals surface area (Å²) in [5.74, 6) is -1.39. The molecule has 4 N–H and O–H groups in total. The largest absolute Gasteiger partial charge is 0.508 e. The van der Waals surface area contributed by atoms with Crippen LogP contribution in [0.2, 0.25) is 0 Å². The Bertz CT molecular complexity index is 495. The number of phenolic OH excluding ortho intramolecular Hbond substituents is 1. The quantitative estimate of drug-likeness (QED) is 0.543. The molecule has 1 unspecified atom stereocenters. The van der Waals surface area contributed by atoms with Crippen molar-refractivity contribution in [3.8, 4) is 5.75 Å². The second-order valence-electron chi connectivity index (χ2n) is 3.35. The van der Waals surface area contributed by atoms with Gasteiger partial charge in [0.05, 0.1) is 0 Å². The Kier molecular flexibility index (Phi) is 4.05. The Morgan fingerprint density at radius 1 is 1.29 bits per heavy atom. The third kappa shape index (κ3) is 4.81. The molecule has 0 fully saturated rings. The predicted molar refractivity (Wildman–Crippen MR) is 57.9 cm³/mol. The Balaban J connectivity index is 2.80. The first-order chi connectivity index (χ1) is 7.78. The molecule has 94 valence electrons. The van der Waals surface area contributed by atoms with Gasteiger partial charge < -0.3 is 10.2 Å². The number of nitrogens with one attached hydrogen (secondary N) is 1. The summed E-state index contributed by atoms with van der Waals surface area (Å²) < 4.78 is 31.2. The van der Waals surface area contributed by atoms with Crippen LogP contribution in [0.15, 0.2) is 24.3 Å². The fourth-order valence-corrected chi connectivity index (χ4v) is 1.77. The van der Waals surface area contributed by atoms with Crippen molar-refractivity contribution >= 4 is 16.3 Å². The number of hydrogen-bond acceptors (Lipinski definition) is 4. The van der Waals surface area contributed by atoms with Gasteiger partial charge in [0.1, 0.15) is 11.8 Å². The van der Waals surface area contributed by atoms with E-state index in [1.54, 1.807) is 4.72 Å². The van der Waals surface area contributed by atoms with Gasteiger partial charge in [0.25, 0.3) is 0 Å². The zero-order valence-corrected chi connectivity index (χ0v) is 9.38. The van der Waals surface area contributed by atoms with Crippen molar-refractivity contribution in [3.63, 3.8) is 0 Å². The molecule has 7 nitrogen and oxygen atoms in total. The average Bonchev–Trinajstić information content (AvgIpc) is 2.18. The van der Waals surface area contributed by atoms with Gasteiger partial charge in [-0.25, -0.2) is 0 Å². The van der Waals surface area contributed by atoms with Crippen LogP contribution >= 0.6 is 0 Å². The van der Waals surface area contributed by atoms with E-state index in [0.29, 0.717) is 5.56 Å². The van der Waals surface area contributed by atoms with Crippen molar-refractivity contribution in [1.29, 1.82) is 0 Å². The second-order valence-corrected chi connectivity index (χ2v) is 4.54. The number of hydrogen-bond donors (Lipinski definition) is 4. The number of aliphatic carboxylic acids is 1. The van der Waals surface area contributed by atoms with Crippen LogP contribution in [0.4, 0.5) is 0 Å². The fourth-order valence-electron chi connectivity index (χ4n) is 1.23. The molecule has 8 heteroatoms. The first-order valence-corrected chi connectivity index (χ1v) is 5.97. The van der Waals surface area contributed by atoms with E-state index in [2.05, 4.69) is 0 Å².